The Bertz CT molecular complexity index is 1130. The monoisotopic (exact) mass is 280 g/mol. The van der Waals surface area contributed by atoms with Gasteiger partial charge in [0.15, 0.2) is 11.0 Å². The smallest absolute Gasteiger partial charge is 0.351 e. The molecule has 2 aromatic heterocycles. The summed E-state index contributed by atoms with van der Waals surface area (Å²) in [6.45, 7) is 0. The van der Waals surface area contributed by atoms with Crippen molar-refractivity contribution in [1.29, 1.82) is 0 Å². The molecule has 2 heterocycles. The lowest BCUT2D eigenvalue weighted by Gasteiger charge is -2.03. The van der Waals surface area contributed by atoms with Crippen molar-refractivity contribution in [3.63, 3.8) is 0 Å². The lowest BCUT2D eigenvalue weighted by Crippen LogP contribution is -2.13. The number of phenols is 1. The predicted molar refractivity (Wildman–Crippen MR) is 77.7 cm³/mol. The number of phenolic OH excluding ortho intramolecular Hbond substituents is 1. The van der Waals surface area contributed by atoms with Crippen LogP contribution in [0.2, 0.25) is 0 Å². The topological polar surface area (TPSA) is 80.7 Å². The summed E-state index contributed by atoms with van der Waals surface area (Å²) in [4.78, 5) is 24.5. The average Bonchev–Trinajstić information content (AvgIpc) is 2.46. The Morgan fingerprint density at radius 3 is 2.52 bits per heavy atom. The van der Waals surface area contributed by atoms with E-state index in [-0.39, 0.29) is 27.7 Å². The number of benzene rings is 2. The van der Waals surface area contributed by atoms with Crippen LogP contribution < -0.4 is 11.1 Å². The van der Waals surface area contributed by atoms with Crippen molar-refractivity contribution < 1.29 is 13.9 Å². The van der Waals surface area contributed by atoms with Crippen LogP contribution in [0.4, 0.5) is 0 Å². The molecular weight excluding hydrogens is 272 g/mol. The molecule has 0 fully saturated rings. The molecule has 4 rings (SSSR count). The number of para-hydroxylation sites is 1. The molecule has 0 aliphatic heterocycles. The summed E-state index contributed by atoms with van der Waals surface area (Å²) in [5.41, 5.74) is -0.455. The Hall–Kier alpha value is -3.08. The summed E-state index contributed by atoms with van der Waals surface area (Å²) >= 11 is 0. The summed E-state index contributed by atoms with van der Waals surface area (Å²) in [6.07, 6.45) is 0. The fraction of sp³-hybridized carbons (Fsp3) is 0. The highest BCUT2D eigenvalue weighted by molar-refractivity contribution is 6.03. The van der Waals surface area contributed by atoms with Crippen molar-refractivity contribution in [3.8, 4) is 5.75 Å². The van der Waals surface area contributed by atoms with E-state index in [9.17, 15) is 14.7 Å². The van der Waals surface area contributed by atoms with Crippen molar-refractivity contribution in [2.24, 2.45) is 0 Å². The van der Waals surface area contributed by atoms with Gasteiger partial charge in [-0.15, -0.1) is 0 Å². The lowest BCUT2D eigenvalue weighted by molar-refractivity contribution is 0.474. The Morgan fingerprint density at radius 2 is 1.67 bits per heavy atom. The van der Waals surface area contributed by atoms with Crippen LogP contribution >= 0.6 is 0 Å². The fourth-order valence-corrected chi connectivity index (χ4v) is 2.45. The Balaban J connectivity index is 2.39. The summed E-state index contributed by atoms with van der Waals surface area (Å²) in [5, 5.41) is 10.2. The highest BCUT2D eigenvalue weighted by atomic mass is 16.4. The van der Waals surface area contributed by atoms with Gasteiger partial charge in [-0.25, -0.2) is 4.79 Å². The summed E-state index contributed by atoms with van der Waals surface area (Å²) in [6, 6.07) is 11.0. The standard InChI is InChI=1S/C16H8O5/c17-8-5-6-9-12(7-8)20-15-10-3-1-2-4-11(10)21-16(19)13(15)14(9)18/h1-7,17H. The second kappa shape index (κ2) is 3.96. The highest BCUT2D eigenvalue weighted by Crippen LogP contribution is 2.26. The van der Waals surface area contributed by atoms with Gasteiger partial charge in [0.1, 0.15) is 16.9 Å². The minimum atomic E-state index is -0.729. The van der Waals surface area contributed by atoms with E-state index in [0.29, 0.717) is 11.0 Å². The van der Waals surface area contributed by atoms with E-state index in [2.05, 4.69) is 0 Å². The highest BCUT2D eigenvalue weighted by Gasteiger charge is 2.15. The molecule has 1 N–H and O–H groups in total. The van der Waals surface area contributed by atoms with Gasteiger partial charge in [-0.05, 0) is 24.3 Å². The summed E-state index contributed by atoms with van der Waals surface area (Å²) in [5.74, 6) is -0.0164. The lowest BCUT2D eigenvalue weighted by atomic mass is 10.1. The third-order valence-electron chi connectivity index (χ3n) is 3.41. The van der Waals surface area contributed by atoms with Gasteiger partial charge in [-0.1, -0.05) is 12.1 Å². The number of rotatable bonds is 0. The van der Waals surface area contributed by atoms with Crippen LogP contribution in [0.25, 0.3) is 32.9 Å². The van der Waals surface area contributed by atoms with E-state index in [0.717, 1.165) is 0 Å². The molecule has 2 aromatic carbocycles. The predicted octanol–water partition coefficient (Wildman–Crippen LogP) is 2.76. The SMILES string of the molecule is O=c1oc2ccccc2c2oc3cc(O)ccc3c(=O)c12. The van der Waals surface area contributed by atoms with Gasteiger partial charge in [0, 0.05) is 6.07 Å². The maximum atomic E-state index is 12.5. The minimum Gasteiger partial charge on any atom is -0.508 e. The fourth-order valence-electron chi connectivity index (χ4n) is 2.45. The Labute approximate surface area is 116 Å². The van der Waals surface area contributed by atoms with E-state index in [4.69, 9.17) is 8.83 Å². The van der Waals surface area contributed by atoms with Gasteiger partial charge in [0.2, 0.25) is 5.43 Å². The molecule has 0 unspecified atom stereocenters. The second-order valence-electron chi connectivity index (χ2n) is 4.70. The van der Waals surface area contributed by atoms with Crippen LogP contribution in [0.5, 0.6) is 5.75 Å². The third-order valence-corrected chi connectivity index (χ3v) is 3.41. The van der Waals surface area contributed by atoms with Crippen molar-refractivity contribution in [1.82, 2.24) is 0 Å². The van der Waals surface area contributed by atoms with Crippen LogP contribution in [0.3, 0.4) is 0 Å². The zero-order valence-corrected chi connectivity index (χ0v) is 10.6. The van der Waals surface area contributed by atoms with E-state index >= 15 is 0 Å². The number of aromatic hydroxyl groups is 1. The van der Waals surface area contributed by atoms with Crippen LogP contribution in [0.15, 0.2) is 60.9 Å². The second-order valence-corrected chi connectivity index (χ2v) is 4.70. The van der Waals surface area contributed by atoms with Gasteiger partial charge < -0.3 is 13.9 Å². The van der Waals surface area contributed by atoms with Crippen LogP contribution in [-0.2, 0) is 0 Å². The minimum absolute atomic E-state index is 0.0164. The molecule has 5 nitrogen and oxygen atoms in total. The first kappa shape index (κ1) is 11.7. The van der Waals surface area contributed by atoms with Crippen molar-refractivity contribution in [2.45, 2.75) is 0 Å². The van der Waals surface area contributed by atoms with Crippen molar-refractivity contribution in [2.75, 3.05) is 0 Å². The molecule has 0 bridgehead atoms. The van der Waals surface area contributed by atoms with Gasteiger partial charge in [0.05, 0.1) is 10.8 Å². The molecule has 0 saturated heterocycles. The van der Waals surface area contributed by atoms with Gasteiger partial charge in [0.25, 0.3) is 0 Å². The summed E-state index contributed by atoms with van der Waals surface area (Å²) in [7, 11) is 0. The van der Waals surface area contributed by atoms with Crippen molar-refractivity contribution >= 4 is 32.9 Å². The Kier molecular flexibility index (Phi) is 2.21. The first-order valence-electron chi connectivity index (χ1n) is 6.26. The zero-order valence-electron chi connectivity index (χ0n) is 10.6. The summed E-state index contributed by atoms with van der Waals surface area (Å²) < 4.78 is 10.8. The molecule has 0 atom stereocenters. The quantitative estimate of drug-likeness (QED) is 0.304. The van der Waals surface area contributed by atoms with Crippen LogP contribution in [0, 0.1) is 0 Å². The van der Waals surface area contributed by atoms with Crippen LogP contribution in [-0.4, -0.2) is 5.11 Å². The molecule has 0 saturated carbocycles. The number of hydrogen-bond acceptors (Lipinski definition) is 5. The number of hydrogen-bond donors (Lipinski definition) is 1. The largest absolute Gasteiger partial charge is 0.508 e. The van der Waals surface area contributed by atoms with Crippen molar-refractivity contribution in [3.05, 3.63) is 63.1 Å². The first-order chi connectivity index (χ1) is 10.1. The van der Waals surface area contributed by atoms with Gasteiger partial charge >= 0.3 is 5.63 Å². The molecule has 0 aliphatic carbocycles. The molecule has 0 spiro atoms. The zero-order chi connectivity index (χ0) is 14.6. The molecule has 102 valence electrons. The van der Waals surface area contributed by atoms with E-state index in [1.807, 2.05) is 0 Å². The Morgan fingerprint density at radius 1 is 0.857 bits per heavy atom. The first-order valence-corrected chi connectivity index (χ1v) is 6.26. The molecule has 5 heteroatoms. The van der Waals surface area contributed by atoms with E-state index in [1.54, 1.807) is 24.3 Å². The number of fused-ring (bicyclic) bond motifs is 4. The normalized spacial score (nSPS) is 11.4. The molecular formula is C16H8O5. The average molecular weight is 280 g/mol. The van der Waals surface area contributed by atoms with Gasteiger partial charge in [-0.2, -0.15) is 0 Å². The maximum absolute atomic E-state index is 12.5. The molecule has 0 radical (unpaired) electrons. The van der Waals surface area contributed by atoms with E-state index < -0.39 is 11.1 Å². The van der Waals surface area contributed by atoms with Gasteiger partial charge in [-0.3, -0.25) is 4.79 Å². The molecule has 0 amide bonds. The molecule has 21 heavy (non-hydrogen) atoms. The van der Waals surface area contributed by atoms with Crippen LogP contribution in [0.1, 0.15) is 0 Å². The third kappa shape index (κ3) is 1.57. The van der Waals surface area contributed by atoms with E-state index in [1.165, 1.54) is 18.2 Å². The molecule has 0 aliphatic rings. The molecule has 4 aromatic rings. The maximum Gasteiger partial charge on any atom is 0.351 e.